The van der Waals surface area contributed by atoms with Crippen LogP contribution in [-0.2, 0) is 0 Å². The topological polar surface area (TPSA) is 12.0 Å². The Kier molecular flexibility index (Phi) is 5.03. The molecule has 0 aromatic heterocycles. The van der Waals surface area contributed by atoms with Gasteiger partial charge < -0.3 is 5.32 Å². The van der Waals surface area contributed by atoms with Gasteiger partial charge in [0, 0.05) is 9.50 Å². The van der Waals surface area contributed by atoms with E-state index >= 15 is 0 Å². The molecule has 0 amide bonds. The highest BCUT2D eigenvalue weighted by Crippen LogP contribution is 2.31. The zero-order valence-electron chi connectivity index (χ0n) is 11.1. The third-order valence-electron chi connectivity index (χ3n) is 3.18. The predicted octanol–water partition coefficient (Wildman–Crippen LogP) is 5.11. The van der Waals surface area contributed by atoms with Crippen molar-refractivity contribution in [2.45, 2.75) is 19.9 Å². The number of hydrogen-bond acceptors (Lipinski definition) is 1. The minimum absolute atomic E-state index is 0.121. The summed E-state index contributed by atoms with van der Waals surface area (Å²) in [6, 6.07) is 14.5. The highest BCUT2D eigenvalue weighted by atomic mass is 79.9. The number of aryl methyl sites for hydroxylation is 1. The lowest BCUT2D eigenvalue weighted by atomic mass is 9.95. The van der Waals surface area contributed by atoms with Gasteiger partial charge in [0.05, 0.1) is 6.04 Å². The molecule has 2 rings (SSSR count). The average molecular weight is 339 g/mol. The van der Waals surface area contributed by atoms with E-state index in [1.54, 1.807) is 0 Å². The van der Waals surface area contributed by atoms with Gasteiger partial charge in [0.1, 0.15) is 0 Å². The van der Waals surface area contributed by atoms with Crippen LogP contribution in [-0.4, -0.2) is 6.54 Å². The van der Waals surface area contributed by atoms with Gasteiger partial charge in [0.15, 0.2) is 0 Å². The lowest BCUT2D eigenvalue weighted by Crippen LogP contribution is -2.23. The first kappa shape index (κ1) is 14.6. The molecule has 0 saturated heterocycles. The largest absolute Gasteiger partial charge is 0.306 e. The van der Waals surface area contributed by atoms with Crippen LogP contribution in [0.25, 0.3) is 0 Å². The molecule has 0 heterocycles. The molecule has 1 atom stereocenters. The molecule has 100 valence electrons. The van der Waals surface area contributed by atoms with Crippen molar-refractivity contribution in [2.75, 3.05) is 6.54 Å². The van der Waals surface area contributed by atoms with Crippen molar-refractivity contribution >= 4 is 27.5 Å². The van der Waals surface area contributed by atoms with Gasteiger partial charge in [-0.3, -0.25) is 0 Å². The second-order valence-electron chi connectivity index (χ2n) is 4.51. The summed E-state index contributed by atoms with van der Waals surface area (Å²) in [5.41, 5.74) is 3.63. The summed E-state index contributed by atoms with van der Waals surface area (Å²) in [5, 5.41) is 4.32. The van der Waals surface area contributed by atoms with E-state index in [1.807, 2.05) is 18.2 Å². The Labute approximate surface area is 128 Å². The molecule has 1 unspecified atom stereocenters. The molecular formula is C16H17BrClN. The fraction of sp³-hybridized carbons (Fsp3) is 0.250. The highest BCUT2D eigenvalue weighted by Gasteiger charge is 2.17. The Morgan fingerprint density at radius 1 is 1.16 bits per heavy atom. The molecule has 0 aliphatic heterocycles. The van der Waals surface area contributed by atoms with Crippen LogP contribution in [0.2, 0.25) is 5.02 Å². The molecular weight excluding hydrogens is 322 g/mol. The lowest BCUT2D eigenvalue weighted by Gasteiger charge is -2.22. The third-order valence-corrected chi connectivity index (χ3v) is 4.01. The van der Waals surface area contributed by atoms with Crippen molar-refractivity contribution in [1.29, 1.82) is 0 Å². The van der Waals surface area contributed by atoms with Crippen molar-refractivity contribution in [2.24, 2.45) is 0 Å². The summed E-state index contributed by atoms with van der Waals surface area (Å²) in [7, 11) is 0. The molecule has 0 spiro atoms. The quantitative estimate of drug-likeness (QED) is 0.817. The van der Waals surface area contributed by atoms with Gasteiger partial charge in [-0.05, 0) is 48.4 Å². The number of rotatable bonds is 4. The Bertz CT molecular complexity index is 568. The molecule has 0 radical (unpaired) electrons. The van der Waals surface area contributed by atoms with E-state index in [9.17, 15) is 0 Å². The summed E-state index contributed by atoms with van der Waals surface area (Å²) in [5.74, 6) is 0. The Balaban J connectivity index is 2.51. The smallest absolute Gasteiger partial charge is 0.0594 e. The maximum Gasteiger partial charge on any atom is 0.0594 e. The molecule has 1 nitrogen and oxygen atoms in total. The van der Waals surface area contributed by atoms with Gasteiger partial charge in [-0.25, -0.2) is 0 Å². The maximum absolute atomic E-state index is 6.35. The second kappa shape index (κ2) is 6.56. The van der Waals surface area contributed by atoms with Gasteiger partial charge >= 0.3 is 0 Å². The molecule has 3 heteroatoms. The predicted molar refractivity (Wildman–Crippen MR) is 85.9 cm³/mol. The molecule has 0 saturated carbocycles. The molecule has 19 heavy (non-hydrogen) atoms. The van der Waals surface area contributed by atoms with E-state index in [-0.39, 0.29) is 6.04 Å². The van der Waals surface area contributed by atoms with Gasteiger partial charge in [-0.15, -0.1) is 0 Å². The first-order valence-electron chi connectivity index (χ1n) is 6.37. The zero-order chi connectivity index (χ0) is 13.8. The van der Waals surface area contributed by atoms with Crippen LogP contribution in [0, 0.1) is 6.92 Å². The van der Waals surface area contributed by atoms with Crippen molar-refractivity contribution < 1.29 is 0 Å². The standard InChI is InChI=1S/C16H17BrClN/c1-3-19-16(13-6-4-5-7-15(13)18)14-10-12(17)9-8-11(14)2/h4-10,16,19H,3H2,1-2H3. The normalized spacial score (nSPS) is 12.4. The Morgan fingerprint density at radius 3 is 2.58 bits per heavy atom. The lowest BCUT2D eigenvalue weighted by molar-refractivity contribution is 0.627. The molecule has 2 aromatic carbocycles. The van der Waals surface area contributed by atoms with Gasteiger partial charge in [-0.1, -0.05) is 58.7 Å². The monoisotopic (exact) mass is 337 g/mol. The maximum atomic E-state index is 6.35. The summed E-state index contributed by atoms with van der Waals surface area (Å²) < 4.78 is 1.09. The second-order valence-corrected chi connectivity index (χ2v) is 5.84. The van der Waals surface area contributed by atoms with Crippen molar-refractivity contribution in [3.63, 3.8) is 0 Å². The minimum atomic E-state index is 0.121. The van der Waals surface area contributed by atoms with E-state index < -0.39 is 0 Å². The van der Waals surface area contributed by atoms with Crippen LogP contribution in [0.1, 0.15) is 29.7 Å². The van der Waals surface area contributed by atoms with Crippen molar-refractivity contribution in [1.82, 2.24) is 5.32 Å². The molecule has 1 N–H and O–H groups in total. The molecule has 0 bridgehead atoms. The van der Waals surface area contributed by atoms with Crippen LogP contribution in [0.4, 0.5) is 0 Å². The van der Waals surface area contributed by atoms with E-state index in [4.69, 9.17) is 11.6 Å². The molecule has 0 aliphatic rings. The van der Waals surface area contributed by atoms with Crippen LogP contribution in [0.15, 0.2) is 46.9 Å². The van der Waals surface area contributed by atoms with E-state index in [0.717, 1.165) is 21.6 Å². The number of hydrogen-bond donors (Lipinski definition) is 1. The van der Waals surface area contributed by atoms with Crippen molar-refractivity contribution in [3.05, 3.63) is 68.7 Å². The Hall–Kier alpha value is -0.830. The number of nitrogens with one attached hydrogen (secondary N) is 1. The third kappa shape index (κ3) is 3.38. The summed E-state index contributed by atoms with van der Waals surface area (Å²) in [6.07, 6.45) is 0. The Morgan fingerprint density at radius 2 is 1.89 bits per heavy atom. The summed E-state index contributed by atoms with van der Waals surface area (Å²) in [4.78, 5) is 0. The molecule has 2 aromatic rings. The van der Waals surface area contributed by atoms with Crippen LogP contribution in [0.5, 0.6) is 0 Å². The fourth-order valence-electron chi connectivity index (χ4n) is 2.22. The van der Waals surface area contributed by atoms with E-state index in [2.05, 4.69) is 59.4 Å². The fourth-order valence-corrected chi connectivity index (χ4v) is 2.85. The van der Waals surface area contributed by atoms with Gasteiger partial charge in [-0.2, -0.15) is 0 Å². The van der Waals surface area contributed by atoms with Crippen LogP contribution < -0.4 is 5.32 Å². The van der Waals surface area contributed by atoms with Crippen LogP contribution in [0.3, 0.4) is 0 Å². The summed E-state index contributed by atoms with van der Waals surface area (Å²) in [6.45, 7) is 5.13. The first-order valence-corrected chi connectivity index (χ1v) is 7.54. The van der Waals surface area contributed by atoms with Gasteiger partial charge in [0.2, 0.25) is 0 Å². The average Bonchev–Trinajstić information content (AvgIpc) is 2.40. The number of benzene rings is 2. The first-order chi connectivity index (χ1) is 9.13. The van der Waals surface area contributed by atoms with E-state index in [1.165, 1.54) is 11.1 Å². The number of halogens is 2. The van der Waals surface area contributed by atoms with E-state index in [0.29, 0.717) is 0 Å². The van der Waals surface area contributed by atoms with Crippen molar-refractivity contribution in [3.8, 4) is 0 Å². The highest BCUT2D eigenvalue weighted by molar-refractivity contribution is 9.10. The van der Waals surface area contributed by atoms with Crippen LogP contribution >= 0.6 is 27.5 Å². The molecule has 0 fully saturated rings. The summed E-state index contributed by atoms with van der Waals surface area (Å²) >= 11 is 9.89. The minimum Gasteiger partial charge on any atom is -0.306 e. The SMILES string of the molecule is CCNC(c1cc(Br)ccc1C)c1ccccc1Cl. The molecule has 0 aliphatic carbocycles. The zero-order valence-corrected chi connectivity index (χ0v) is 13.4. The van der Waals surface area contributed by atoms with Gasteiger partial charge in [0.25, 0.3) is 0 Å².